The molecule has 1 aromatic heterocycles. The molecule has 16 heavy (non-hydrogen) atoms. The lowest BCUT2D eigenvalue weighted by Crippen LogP contribution is -2.51. The summed E-state index contributed by atoms with van der Waals surface area (Å²) >= 11 is 1.62. The van der Waals surface area contributed by atoms with E-state index in [9.17, 15) is 8.42 Å². The van der Waals surface area contributed by atoms with Gasteiger partial charge in [0.15, 0.2) is 9.84 Å². The Morgan fingerprint density at radius 2 is 2.31 bits per heavy atom. The molecular weight excluding hydrogens is 242 g/mol. The molecule has 0 aliphatic carbocycles. The molecular formula is C11H17NO2S2. The Morgan fingerprint density at radius 3 is 2.88 bits per heavy atom. The van der Waals surface area contributed by atoms with Crippen molar-refractivity contribution < 1.29 is 8.42 Å². The van der Waals surface area contributed by atoms with Crippen molar-refractivity contribution in [2.45, 2.75) is 37.6 Å². The minimum absolute atomic E-state index is 0.0382. The SMILES string of the molecule is CCC1CS(=O)(=O)C(C)C(c2cccs2)N1. The number of hydrogen-bond acceptors (Lipinski definition) is 4. The largest absolute Gasteiger partial charge is 0.304 e. The molecule has 0 spiro atoms. The summed E-state index contributed by atoms with van der Waals surface area (Å²) in [6.45, 7) is 3.83. The number of sulfone groups is 1. The number of hydrogen-bond donors (Lipinski definition) is 1. The normalized spacial score (nSPS) is 33.8. The van der Waals surface area contributed by atoms with E-state index in [1.807, 2.05) is 24.4 Å². The average Bonchev–Trinajstić information content (AvgIpc) is 2.75. The van der Waals surface area contributed by atoms with Crippen LogP contribution in [0, 0.1) is 0 Å². The molecule has 0 saturated carbocycles. The maximum absolute atomic E-state index is 12.0. The fraction of sp³-hybridized carbons (Fsp3) is 0.636. The van der Waals surface area contributed by atoms with Crippen LogP contribution in [0.4, 0.5) is 0 Å². The van der Waals surface area contributed by atoms with Crippen LogP contribution < -0.4 is 5.32 Å². The standard InChI is InChI=1S/C11H17NO2S2/c1-3-9-7-16(13,14)8(2)11(12-9)10-5-4-6-15-10/h4-6,8-9,11-12H,3,7H2,1-2H3. The van der Waals surface area contributed by atoms with Gasteiger partial charge in [-0.05, 0) is 24.8 Å². The van der Waals surface area contributed by atoms with Crippen LogP contribution in [0.2, 0.25) is 0 Å². The highest BCUT2D eigenvalue weighted by molar-refractivity contribution is 7.92. The molecule has 3 unspecified atom stereocenters. The van der Waals surface area contributed by atoms with E-state index < -0.39 is 9.84 Å². The summed E-state index contributed by atoms with van der Waals surface area (Å²) < 4.78 is 24.0. The molecule has 90 valence electrons. The smallest absolute Gasteiger partial charge is 0.156 e. The van der Waals surface area contributed by atoms with E-state index in [2.05, 4.69) is 5.32 Å². The van der Waals surface area contributed by atoms with Crippen molar-refractivity contribution in [1.29, 1.82) is 0 Å². The van der Waals surface area contributed by atoms with Gasteiger partial charge in [-0.1, -0.05) is 13.0 Å². The van der Waals surface area contributed by atoms with Gasteiger partial charge in [-0.15, -0.1) is 11.3 Å². The molecule has 2 heterocycles. The van der Waals surface area contributed by atoms with Gasteiger partial charge < -0.3 is 5.32 Å². The first-order valence-electron chi connectivity index (χ1n) is 5.55. The molecule has 0 amide bonds. The molecule has 1 saturated heterocycles. The van der Waals surface area contributed by atoms with Crippen molar-refractivity contribution in [3.8, 4) is 0 Å². The third-order valence-electron chi connectivity index (χ3n) is 3.23. The van der Waals surface area contributed by atoms with Crippen molar-refractivity contribution in [3.05, 3.63) is 22.4 Å². The van der Waals surface area contributed by atoms with E-state index >= 15 is 0 Å². The average molecular weight is 259 g/mol. The van der Waals surface area contributed by atoms with Crippen LogP contribution >= 0.6 is 11.3 Å². The highest BCUT2D eigenvalue weighted by Crippen LogP contribution is 2.30. The molecule has 2 rings (SSSR count). The Morgan fingerprint density at radius 1 is 1.56 bits per heavy atom. The molecule has 5 heteroatoms. The van der Waals surface area contributed by atoms with Crippen molar-refractivity contribution >= 4 is 21.2 Å². The molecule has 1 aliphatic heterocycles. The zero-order valence-corrected chi connectivity index (χ0v) is 11.1. The maximum Gasteiger partial charge on any atom is 0.156 e. The predicted octanol–water partition coefficient (Wildman–Crippen LogP) is 1.97. The molecule has 1 aromatic rings. The third kappa shape index (κ3) is 2.17. The van der Waals surface area contributed by atoms with E-state index in [0.717, 1.165) is 11.3 Å². The third-order valence-corrected chi connectivity index (χ3v) is 6.45. The van der Waals surface area contributed by atoms with E-state index in [4.69, 9.17) is 0 Å². The lowest BCUT2D eigenvalue weighted by Gasteiger charge is -2.34. The van der Waals surface area contributed by atoms with Crippen molar-refractivity contribution in [2.75, 3.05) is 5.75 Å². The fourth-order valence-electron chi connectivity index (χ4n) is 2.09. The van der Waals surface area contributed by atoms with Gasteiger partial charge in [0.25, 0.3) is 0 Å². The summed E-state index contributed by atoms with van der Waals surface area (Å²) in [7, 11) is -2.95. The Hall–Kier alpha value is -0.390. The Labute approximate surface area is 101 Å². The van der Waals surface area contributed by atoms with Crippen molar-refractivity contribution in [2.24, 2.45) is 0 Å². The van der Waals surface area contributed by atoms with Gasteiger partial charge in [0.05, 0.1) is 17.0 Å². The summed E-state index contributed by atoms with van der Waals surface area (Å²) in [6, 6.07) is 4.03. The summed E-state index contributed by atoms with van der Waals surface area (Å²) in [5.74, 6) is 0.270. The second-order valence-electron chi connectivity index (χ2n) is 4.30. The van der Waals surface area contributed by atoms with Crippen LogP contribution in [-0.2, 0) is 9.84 Å². The minimum atomic E-state index is -2.95. The van der Waals surface area contributed by atoms with Gasteiger partial charge in [-0.2, -0.15) is 0 Å². The Kier molecular flexibility index (Phi) is 3.37. The van der Waals surface area contributed by atoms with Crippen LogP contribution in [0.3, 0.4) is 0 Å². The number of nitrogens with one attached hydrogen (secondary N) is 1. The topological polar surface area (TPSA) is 46.2 Å². The second-order valence-corrected chi connectivity index (χ2v) is 7.68. The van der Waals surface area contributed by atoms with Crippen LogP contribution in [0.1, 0.15) is 31.2 Å². The Bertz CT molecular complexity index is 439. The van der Waals surface area contributed by atoms with Gasteiger partial charge in [0, 0.05) is 10.9 Å². The van der Waals surface area contributed by atoms with Gasteiger partial charge in [0.2, 0.25) is 0 Å². The van der Waals surface area contributed by atoms with Crippen molar-refractivity contribution in [1.82, 2.24) is 5.32 Å². The predicted molar refractivity (Wildman–Crippen MR) is 67.5 cm³/mol. The monoisotopic (exact) mass is 259 g/mol. The minimum Gasteiger partial charge on any atom is -0.304 e. The maximum atomic E-state index is 12.0. The quantitative estimate of drug-likeness (QED) is 0.883. The van der Waals surface area contributed by atoms with Crippen molar-refractivity contribution in [3.63, 3.8) is 0 Å². The van der Waals surface area contributed by atoms with E-state index in [1.165, 1.54) is 0 Å². The van der Waals surface area contributed by atoms with E-state index in [1.54, 1.807) is 18.3 Å². The molecule has 1 N–H and O–H groups in total. The van der Waals surface area contributed by atoms with Crippen LogP contribution in [0.5, 0.6) is 0 Å². The summed E-state index contributed by atoms with van der Waals surface area (Å²) in [5, 5.41) is 5.11. The molecule has 3 atom stereocenters. The zero-order chi connectivity index (χ0) is 11.8. The molecule has 1 fully saturated rings. The number of rotatable bonds is 2. The van der Waals surface area contributed by atoms with E-state index in [0.29, 0.717) is 0 Å². The van der Waals surface area contributed by atoms with Crippen LogP contribution in [0.25, 0.3) is 0 Å². The summed E-state index contributed by atoms with van der Waals surface area (Å²) in [5.41, 5.74) is 0. The lowest BCUT2D eigenvalue weighted by molar-refractivity contribution is 0.408. The molecule has 3 nitrogen and oxygen atoms in total. The van der Waals surface area contributed by atoms with E-state index in [-0.39, 0.29) is 23.1 Å². The highest BCUT2D eigenvalue weighted by Gasteiger charge is 2.38. The first-order chi connectivity index (χ1) is 7.54. The van der Waals surface area contributed by atoms with Gasteiger partial charge in [-0.3, -0.25) is 0 Å². The number of thiophene rings is 1. The highest BCUT2D eigenvalue weighted by atomic mass is 32.2. The molecule has 0 radical (unpaired) electrons. The van der Waals surface area contributed by atoms with Gasteiger partial charge >= 0.3 is 0 Å². The molecule has 0 aromatic carbocycles. The van der Waals surface area contributed by atoms with Gasteiger partial charge in [-0.25, -0.2) is 8.42 Å². The summed E-state index contributed by atoms with van der Waals surface area (Å²) in [6.07, 6.45) is 0.855. The lowest BCUT2D eigenvalue weighted by atomic mass is 10.1. The van der Waals surface area contributed by atoms with Gasteiger partial charge in [0.1, 0.15) is 0 Å². The first kappa shape index (κ1) is 12.1. The zero-order valence-electron chi connectivity index (χ0n) is 9.51. The second kappa shape index (κ2) is 4.47. The Balaban J connectivity index is 2.31. The molecule has 1 aliphatic rings. The first-order valence-corrected chi connectivity index (χ1v) is 8.15. The van der Waals surface area contributed by atoms with Crippen LogP contribution in [0.15, 0.2) is 17.5 Å². The molecule has 0 bridgehead atoms. The fourth-order valence-corrected chi connectivity index (χ4v) is 4.91. The van der Waals surface area contributed by atoms with Crippen LogP contribution in [-0.4, -0.2) is 25.5 Å². The summed E-state index contributed by atoms with van der Waals surface area (Å²) in [4.78, 5) is 1.12.